The second kappa shape index (κ2) is 5.71. The summed E-state index contributed by atoms with van der Waals surface area (Å²) in [6.45, 7) is 8.86. The smallest absolute Gasteiger partial charge is 0.251 e. The maximum absolute atomic E-state index is 11.8. The van der Waals surface area contributed by atoms with E-state index in [-0.39, 0.29) is 11.7 Å². The van der Waals surface area contributed by atoms with Gasteiger partial charge in [-0.05, 0) is 42.5 Å². The van der Waals surface area contributed by atoms with Crippen molar-refractivity contribution in [3.8, 4) is 5.75 Å². The monoisotopic (exact) mass is 235 g/mol. The number of carbonyl (C=O) groups is 1. The van der Waals surface area contributed by atoms with Crippen LogP contribution in [0.2, 0.25) is 0 Å². The molecule has 0 aliphatic heterocycles. The summed E-state index contributed by atoms with van der Waals surface area (Å²) < 4.78 is 0. The van der Waals surface area contributed by atoms with Crippen molar-refractivity contribution >= 4 is 5.91 Å². The number of phenolic OH excluding ortho intramolecular Hbond substituents is 1. The molecule has 17 heavy (non-hydrogen) atoms. The Morgan fingerprint density at radius 3 is 2.53 bits per heavy atom. The topological polar surface area (TPSA) is 49.3 Å². The summed E-state index contributed by atoms with van der Waals surface area (Å²) in [5, 5.41) is 12.3. The molecule has 0 aromatic heterocycles. The molecule has 3 heteroatoms. The number of carbonyl (C=O) groups excluding carboxylic acids is 1. The summed E-state index contributed by atoms with van der Waals surface area (Å²) >= 11 is 0. The average molecular weight is 235 g/mol. The molecular weight excluding hydrogens is 214 g/mol. The van der Waals surface area contributed by atoms with Crippen LogP contribution in [0.1, 0.15) is 36.7 Å². The zero-order chi connectivity index (χ0) is 13.0. The lowest BCUT2D eigenvalue weighted by atomic mass is 9.98. The van der Waals surface area contributed by atoms with Crippen LogP contribution in [0.4, 0.5) is 0 Å². The number of aromatic hydroxyl groups is 1. The highest BCUT2D eigenvalue weighted by atomic mass is 16.3. The van der Waals surface area contributed by atoms with E-state index in [0.29, 0.717) is 23.9 Å². The maximum Gasteiger partial charge on any atom is 0.251 e. The minimum Gasteiger partial charge on any atom is -0.508 e. The number of hydrogen-bond acceptors (Lipinski definition) is 2. The molecule has 1 rings (SSSR count). The number of rotatable bonds is 4. The highest BCUT2D eigenvalue weighted by molar-refractivity contribution is 5.94. The lowest BCUT2D eigenvalue weighted by Crippen LogP contribution is -2.30. The van der Waals surface area contributed by atoms with Crippen molar-refractivity contribution in [2.24, 2.45) is 11.8 Å². The summed E-state index contributed by atoms with van der Waals surface area (Å²) in [7, 11) is 0. The van der Waals surface area contributed by atoms with E-state index in [1.807, 2.05) is 0 Å². The zero-order valence-corrected chi connectivity index (χ0v) is 10.9. The number of hydrogen-bond donors (Lipinski definition) is 2. The van der Waals surface area contributed by atoms with Crippen LogP contribution in [0.25, 0.3) is 0 Å². The number of aryl methyl sites for hydroxylation is 1. The van der Waals surface area contributed by atoms with Gasteiger partial charge in [0.05, 0.1) is 0 Å². The Balaban J connectivity index is 2.61. The molecular formula is C14H21NO2. The van der Waals surface area contributed by atoms with Crippen LogP contribution in [0.15, 0.2) is 18.2 Å². The molecule has 0 fully saturated rings. The van der Waals surface area contributed by atoms with Crippen molar-refractivity contribution < 1.29 is 9.90 Å². The largest absolute Gasteiger partial charge is 0.508 e. The third-order valence-electron chi connectivity index (χ3n) is 3.18. The lowest BCUT2D eigenvalue weighted by Gasteiger charge is -2.16. The second-order valence-electron chi connectivity index (χ2n) is 4.93. The van der Waals surface area contributed by atoms with Gasteiger partial charge in [-0.3, -0.25) is 4.79 Å². The summed E-state index contributed by atoms with van der Waals surface area (Å²) in [6.07, 6.45) is 0. The Hall–Kier alpha value is -1.51. The van der Waals surface area contributed by atoms with Crippen LogP contribution in [-0.2, 0) is 0 Å². The van der Waals surface area contributed by atoms with E-state index < -0.39 is 0 Å². The second-order valence-corrected chi connectivity index (χ2v) is 4.93. The molecule has 0 aliphatic carbocycles. The molecule has 94 valence electrons. The van der Waals surface area contributed by atoms with Gasteiger partial charge in [0, 0.05) is 12.1 Å². The van der Waals surface area contributed by atoms with Crippen molar-refractivity contribution in [2.75, 3.05) is 6.54 Å². The molecule has 1 aromatic rings. The molecule has 1 unspecified atom stereocenters. The van der Waals surface area contributed by atoms with Crippen molar-refractivity contribution in [1.82, 2.24) is 5.32 Å². The highest BCUT2D eigenvalue weighted by Gasteiger charge is 2.11. The third kappa shape index (κ3) is 3.77. The Kier molecular flexibility index (Phi) is 4.55. The van der Waals surface area contributed by atoms with Gasteiger partial charge in [0.1, 0.15) is 5.75 Å². The van der Waals surface area contributed by atoms with E-state index in [4.69, 9.17) is 0 Å². The molecule has 1 aromatic carbocycles. The van der Waals surface area contributed by atoms with Gasteiger partial charge in [0.25, 0.3) is 5.91 Å². The first kappa shape index (κ1) is 13.6. The molecule has 0 heterocycles. The van der Waals surface area contributed by atoms with Gasteiger partial charge in [-0.15, -0.1) is 0 Å². The van der Waals surface area contributed by atoms with Crippen LogP contribution >= 0.6 is 0 Å². The molecule has 2 N–H and O–H groups in total. The first-order valence-electron chi connectivity index (χ1n) is 5.99. The molecule has 0 saturated heterocycles. The van der Waals surface area contributed by atoms with Gasteiger partial charge in [-0.25, -0.2) is 0 Å². The molecule has 0 aliphatic rings. The number of nitrogens with one attached hydrogen (secondary N) is 1. The van der Waals surface area contributed by atoms with Crippen molar-refractivity contribution in [3.05, 3.63) is 29.3 Å². The van der Waals surface area contributed by atoms with Gasteiger partial charge >= 0.3 is 0 Å². The van der Waals surface area contributed by atoms with Crippen LogP contribution in [0, 0.1) is 18.8 Å². The molecule has 3 nitrogen and oxygen atoms in total. The van der Waals surface area contributed by atoms with Gasteiger partial charge in [-0.2, -0.15) is 0 Å². The molecule has 0 saturated carbocycles. The first-order valence-corrected chi connectivity index (χ1v) is 5.99. The van der Waals surface area contributed by atoms with Crippen LogP contribution in [0.5, 0.6) is 5.75 Å². The van der Waals surface area contributed by atoms with Gasteiger partial charge in [0.2, 0.25) is 0 Å². The Morgan fingerprint density at radius 2 is 2.00 bits per heavy atom. The van der Waals surface area contributed by atoms with Gasteiger partial charge < -0.3 is 10.4 Å². The predicted molar refractivity (Wildman–Crippen MR) is 69.2 cm³/mol. The molecule has 1 atom stereocenters. The zero-order valence-electron chi connectivity index (χ0n) is 10.9. The Morgan fingerprint density at radius 1 is 1.35 bits per heavy atom. The summed E-state index contributed by atoms with van der Waals surface area (Å²) in [5.41, 5.74) is 1.31. The lowest BCUT2D eigenvalue weighted by molar-refractivity contribution is 0.0945. The van der Waals surface area contributed by atoms with E-state index >= 15 is 0 Å². The maximum atomic E-state index is 11.8. The number of amides is 1. The Labute approximate surface area is 103 Å². The summed E-state index contributed by atoms with van der Waals surface area (Å²) in [4.78, 5) is 11.8. The fourth-order valence-corrected chi connectivity index (χ4v) is 1.39. The normalized spacial score (nSPS) is 12.5. The minimum atomic E-state index is -0.0828. The van der Waals surface area contributed by atoms with Crippen LogP contribution < -0.4 is 5.32 Å². The SMILES string of the molecule is Cc1cc(C(=O)NCC(C)C(C)C)ccc1O. The van der Waals surface area contributed by atoms with E-state index in [2.05, 4.69) is 26.1 Å². The van der Waals surface area contributed by atoms with E-state index in [1.165, 1.54) is 0 Å². The van der Waals surface area contributed by atoms with Crippen LogP contribution in [-0.4, -0.2) is 17.6 Å². The predicted octanol–water partition coefficient (Wildman–Crippen LogP) is 2.72. The first-order chi connectivity index (χ1) is 7.91. The Bertz CT molecular complexity index is 399. The molecule has 0 radical (unpaired) electrons. The van der Waals surface area contributed by atoms with Crippen LogP contribution in [0.3, 0.4) is 0 Å². The van der Waals surface area contributed by atoms with Gasteiger partial charge in [-0.1, -0.05) is 20.8 Å². The van der Waals surface area contributed by atoms with Gasteiger partial charge in [0.15, 0.2) is 0 Å². The standard InChI is InChI=1S/C14H21NO2/c1-9(2)11(4)8-15-14(17)12-5-6-13(16)10(3)7-12/h5-7,9,11,16H,8H2,1-4H3,(H,15,17). The highest BCUT2D eigenvalue weighted by Crippen LogP contribution is 2.17. The van der Waals surface area contributed by atoms with Crippen molar-refractivity contribution in [3.63, 3.8) is 0 Å². The third-order valence-corrected chi connectivity index (χ3v) is 3.18. The van der Waals surface area contributed by atoms with Crippen molar-refractivity contribution in [2.45, 2.75) is 27.7 Å². The molecule has 1 amide bonds. The van der Waals surface area contributed by atoms with E-state index in [1.54, 1.807) is 25.1 Å². The summed E-state index contributed by atoms with van der Waals surface area (Å²) in [5.74, 6) is 1.15. The molecule has 0 spiro atoms. The quantitative estimate of drug-likeness (QED) is 0.843. The average Bonchev–Trinajstić information content (AvgIpc) is 2.28. The fourth-order valence-electron chi connectivity index (χ4n) is 1.39. The number of benzene rings is 1. The fraction of sp³-hybridized carbons (Fsp3) is 0.500. The van der Waals surface area contributed by atoms with E-state index in [9.17, 15) is 9.90 Å². The minimum absolute atomic E-state index is 0.0828. The summed E-state index contributed by atoms with van der Waals surface area (Å²) in [6, 6.07) is 4.89. The van der Waals surface area contributed by atoms with E-state index in [0.717, 1.165) is 5.56 Å². The van der Waals surface area contributed by atoms with Crippen molar-refractivity contribution in [1.29, 1.82) is 0 Å². The number of phenols is 1. The molecule has 0 bridgehead atoms.